The Kier molecular flexibility index (Phi) is 2.86. The molecular weight excluding hydrogens is 214 g/mol. The van der Waals surface area contributed by atoms with Crippen LogP contribution in [0.15, 0.2) is 17.1 Å². The smallest absolute Gasteiger partial charge is 0.267 e. The second kappa shape index (κ2) is 3.95. The van der Waals surface area contributed by atoms with Gasteiger partial charge in [0.2, 0.25) is 0 Å². The van der Waals surface area contributed by atoms with Crippen molar-refractivity contribution >= 4 is 0 Å². The number of nitrogens with zero attached hydrogens (tertiary/aromatic N) is 2. The molecule has 0 spiro atoms. The van der Waals surface area contributed by atoms with E-state index in [0.29, 0.717) is 0 Å². The van der Waals surface area contributed by atoms with E-state index in [9.17, 15) is 4.79 Å². The standard InChI is InChI=1S/C13H21N3O/c1-12(2,3)16-11(17)8-10(9-15-16)4-5-13(14)6-7-13/h8-9H,4-7,14H2,1-3H3. The maximum absolute atomic E-state index is 11.9. The Morgan fingerprint density at radius 3 is 2.59 bits per heavy atom. The van der Waals surface area contributed by atoms with Crippen LogP contribution in [0.2, 0.25) is 0 Å². The van der Waals surface area contributed by atoms with Crippen LogP contribution in [-0.2, 0) is 12.0 Å². The molecule has 94 valence electrons. The molecule has 2 N–H and O–H groups in total. The van der Waals surface area contributed by atoms with Crippen molar-refractivity contribution in [2.24, 2.45) is 5.73 Å². The zero-order chi connectivity index (χ0) is 12.7. The Morgan fingerprint density at radius 2 is 2.12 bits per heavy atom. The predicted molar refractivity (Wildman–Crippen MR) is 68.0 cm³/mol. The fraction of sp³-hybridized carbons (Fsp3) is 0.692. The highest BCUT2D eigenvalue weighted by atomic mass is 16.1. The van der Waals surface area contributed by atoms with Gasteiger partial charge in [-0.2, -0.15) is 5.10 Å². The Bertz CT molecular complexity index is 466. The van der Waals surface area contributed by atoms with Crippen molar-refractivity contribution in [3.8, 4) is 0 Å². The van der Waals surface area contributed by atoms with Crippen LogP contribution >= 0.6 is 0 Å². The molecule has 0 saturated heterocycles. The Balaban J connectivity index is 2.11. The molecule has 4 heteroatoms. The van der Waals surface area contributed by atoms with Crippen LogP contribution in [0.25, 0.3) is 0 Å². The Labute approximate surface area is 102 Å². The number of hydrogen-bond acceptors (Lipinski definition) is 3. The van der Waals surface area contributed by atoms with Crippen LogP contribution < -0.4 is 11.3 Å². The largest absolute Gasteiger partial charge is 0.325 e. The van der Waals surface area contributed by atoms with Crippen molar-refractivity contribution in [2.75, 3.05) is 0 Å². The lowest BCUT2D eigenvalue weighted by Crippen LogP contribution is -2.35. The first kappa shape index (κ1) is 12.3. The van der Waals surface area contributed by atoms with Gasteiger partial charge in [-0.1, -0.05) is 0 Å². The van der Waals surface area contributed by atoms with Gasteiger partial charge in [-0.3, -0.25) is 4.79 Å². The quantitative estimate of drug-likeness (QED) is 0.862. The average molecular weight is 235 g/mol. The summed E-state index contributed by atoms with van der Waals surface area (Å²) in [4.78, 5) is 11.9. The van der Waals surface area contributed by atoms with Crippen molar-refractivity contribution in [3.63, 3.8) is 0 Å². The first-order valence-corrected chi connectivity index (χ1v) is 6.18. The normalized spacial score (nSPS) is 18.1. The van der Waals surface area contributed by atoms with E-state index in [4.69, 9.17) is 5.73 Å². The Morgan fingerprint density at radius 1 is 1.47 bits per heavy atom. The summed E-state index contributed by atoms with van der Waals surface area (Å²) >= 11 is 0. The molecule has 0 bridgehead atoms. The molecule has 0 unspecified atom stereocenters. The summed E-state index contributed by atoms with van der Waals surface area (Å²) in [5, 5.41) is 4.23. The zero-order valence-electron chi connectivity index (χ0n) is 10.9. The molecule has 0 amide bonds. The summed E-state index contributed by atoms with van der Waals surface area (Å²) in [5.41, 5.74) is 6.77. The third-order valence-corrected chi connectivity index (χ3v) is 3.30. The molecule has 1 aromatic rings. The van der Waals surface area contributed by atoms with Crippen LogP contribution in [0.3, 0.4) is 0 Å². The van der Waals surface area contributed by atoms with Crippen molar-refractivity contribution in [2.45, 2.75) is 57.5 Å². The molecule has 0 radical (unpaired) electrons. The van der Waals surface area contributed by atoms with Crippen LogP contribution in [0, 0.1) is 0 Å². The van der Waals surface area contributed by atoms with Crippen LogP contribution in [-0.4, -0.2) is 15.3 Å². The maximum Gasteiger partial charge on any atom is 0.267 e. The van der Waals surface area contributed by atoms with Gasteiger partial charge in [-0.25, -0.2) is 4.68 Å². The van der Waals surface area contributed by atoms with E-state index >= 15 is 0 Å². The molecule has 1 saturated carbocycles. The predicted octanol–water partition coefficient (Wildman–Crippen LogP) is 1.42. The molecule has 1 aliphatic rings. The van der Waals surface area contributed by atoms with E-state index in [-0.39, 0.29) is 16.6 Å². The minimum absolute atomic E-state index is 0.0307. The molecule has 1 fully saturated rings. The molecular formula is C13H21N3O. The molecule has 4 nitrogen and oxygen atoms in total. The van der Waals surface area contributed by atoms with Gasteiger partial charge in [0, 0.05) is 11.6 Å². The fourth-order valence-corrected chi connectivity index (χ4v) is 1.89. The lowest BCUT2D eigenvalue weighted by atomic mass is 10.1. The minimum Gasteiger partial charge on any atom is -0.325 e. The highest BCUT2D eigenvalue weighted by Gasteiger charge is 2.37. The number of aryl methyl sites for hydroxylation is 1. The van der Waals surface area contributed by atoms with Crippen molar-refractivity contribution in [1.29, 1.82) is 0 Å². The van der Waals surface area contributed by atoms with Crippen molar-refractivity contribution < 1.29 is 0 Å². The number of nitrogens with two attached hydrogens (primary N) is 1. The summed E-state index contributed by atoms with van der Waals surface area (Å²) < 4.78 is 1.52. The third kappa shape index (κ3) is 2.94. The highest BCUT2D eigenvalue weighted by molar-refractivity contribution is 5.10. The topological polar surface area (TPSA) is 60.9 Å². The number of hydrogen-bond donors (Lipinski definition) is 1. The lowest BCUT2D eigenvalue weighted by molar-refractivity contribution is 0.337. The van der Waals surface area contributed by atoms with Gasteiger partial charge in [0.1, 0.15) is 0 Å². The van der Waals surface area contributed by atoms with Crippen molar-refractivity contribution in [3.05, 3.63) is 28.2 Å². The number of rotatable bonds is 3. The molecule has 2 rings (SSSR count). The van der Waals surface area contributed by atoms with Crippen molar-refractivity contribution in [1.82, 2.24) is 9.78 Å². The van der Waals surface area contributed by atoms with Gasteiger partial charge in [0.15, 0.2) is 0 Å². The zero-order valence-corrected chi connectivity index (χ0v) is 10.9. The lowest BCUT2D eigenvalue weighted by Gasteiger charge is -2.20. The summed E-state index contributed by atoms with van der Waals surface area (Å²) in [6.07, 6.45) is 5.81. The van der Waals surface area contributed by atoms with E-state index in [2.05, 4.69) is 5.10 Å². The van der Waals surface area contributed by atoms with Crippen LogP contribution in [0.5, 0.6) is 0 Å². The van der Waals surface area contributed by atoms with Gasteiger partial charge in [-0.15, -0.1) is 0 Å². The first-order chi connectivity index (χ1) is 7.80. The molecule has 1 aliphatic carbocycles. The van der Waals surface area contributed by atoms with E-state index in [1.807, 2.05) is 20.8 Å². The highest BCUT2D eigenvalue weighted by Crippen LogP contribution is 2.36. The maximum atomic E-state index is 11.9. The molecule has 0 aliphatic heterocycles. The molecule has 1 heterocycles. The summed E-state index contributed by atoms with van der Waals surface area (Å²) in [6.45, 7) is 5.92. The van der Waals surface area contributed by atoms with Gasteiger partial charge in [-0.05, 0) is 52.0 Å². The SMILES string of the molecule is CC(C)(C)n1ncc(CCC2(N)CC2)cc1=O. The minimum atomic E-state index is -0.263. The van der Waals surface area contributed by atoms with E-state index in [1.165, 1.54) is 4.68 Å². The third-order valence-electron chi connectivity index (χ3n) is 3.30. The molecule has 0 aromatic carbocycles. The second-order valence-electron chi connectivity index (χ2n) is 6.15. The summed E-state index contributed by atoms with van der Waals surface area (Å²) in [7, 11) is 0. The first-order valence-electron chi connectivity index (χ1n) is 6.18. The van der Waals surface area contributed by atoms with E-state index in [1.54, 1.807) is 12.3 Å². The average Bonchev–Trinajstić information content (AvgIpc) is 2.92. The summed E-state index contributed by atoms with van der Waals surface area (Å²) in [5.74, 6) is 0. The van der Waals surface area contributed by atoms with E-state index in [0.717, 1.165) is 31.2 Å². The Hall–Kier alpha value is -1.16. The van der Waals surface area contributed by atoms with Crippen LogP contribution in [0.1, 0.15) is 45.6 Å². The van der Waals surface area contributed by atoms with E-state index < -0.39 is 0 Å². The monoisotopic (exact) mass is 235 g/mol. The van der Waals surface area contributed by atoms with Gasteiger partial charge in [0.05, 0.1) is 11.7 Å². The fourth-order valence-electron chi connectivity index (χ4n) is 1.89. The molecule has 1 aromatic heterocycles. The summed E-state index contributed by atoms with van der Waals surface area (Å²) in [6, 6.07) is 1.68. The second-order valence-corrected chi connectivity index (χ2v) is 6.15. The molecule has 0 atom stereocenters. The van der Waals surface area contributed by atoms with Crippen LogP contribution in [0.4, 0.5) is 0 Å². The van der Waals surface area contributed by atoms with Gasteiger partial charge >= 0.3 is 0 Å². The van der Waals surface area contributed by atoms with Gasteiger partial charge < -0.3 is 5.73 Å². The molecule has 17 heavy (non-hydrogen) atoms. The van der Waals surface area contributed by atoms with Gasteiger partial charge in [0.25, 0.3) is 5.56 Å². The number of aromatic nitrogens is 2.